The van der Waals surface area contributed by atoms with Crippen molar-refractivity contribution in [2.24, 2.45) is 0 Å². The Labute approximate surface area is 333 Å². The van der Waals surface area contributed by atoms with E-state index in [4.69, 9.17) is 0 Å². The molecule has 2 nitrogen and oxygen atoms in total. The molecule has 0 amide bonds. The zero-order valence-corrected chi connectivity index (χ0v) is 32.1. The molecule has 2 aromatic heterocycles. The minimum absolute atomic E-state index is 0. The van der Waals surface area contributed by atoms with Crippen LogP contribution >= 0.6 is 15.8 Å². The van der Waals surface area contributed by atoms with Crippen LogP contribution in [0.15, 0.2) is 231 Å². The van der Waals surface area contributed by atoms with Crippen LogP contribution in [0.3, 0.4) is 0 Å². The van der Waals surface area contributed by atoms with E-state index < -0.39 is 15.8 Å². The van der Waals surface area contributed by atoms with Gasteiger partial charge in [0, 0.05) is 40.2 Å². The molecule has 1 radical (unpaired) electrons. The van der Waals surface area contributed by atoms with Crippen molar-refractivity contribution in [3.8, 4) is 0 Å². The summed E-state index contributed by atoms with van der Waals surface area (Å²) in [4.78, 5) is 8.69. The van der Waals surface area contributed by atoms with Gasteiger partial charge in [0.05, 0.1) is 26.9 Å². The second-order valence-corrected chi connectivity index (χ2v) is 17.1. The zero-order chi connectivity index (χ0) is 35.2. The number of benzene rings is 7. The van der Waals surface area contributed by atoms with Crippen molar-refractivity contribution in [1.82, 2.24) is 9.97 Å². The summed E-state index contributed by atoms with van der Waals surface area (Å²) in [7, 11) is -1.75. The van der Waals surface area contributed by atoms with Crippen LogP contribution in [-0.4, -0.2) is 9.97 Å². The summed E-state index contributed by atoms with van der Waals surface area (Å²) in [6, 6.07) is 77.1. The second-order valence-electron chi connectivity index (χ2n) is 12.2. The third-order valence-corrected chi connectivity index (χ3v) is 14.2. The van der Waals surface area contributed by atoms with Crippen LogP contribution in [0.4, 0.5) is 0 Å². The van der Waals surface area contributed by atoms with E-state index in [1.165, 1.54) is 31.8 Å². The van der Waals surface area contributed by atoms with Gasteiger partial charge in [-0.05, 0) is 84.9 Å². The first-order valence-electron chi connectivity index (χ1n) is 17.5. The van der Waals surface area contributed by atoms with E-state index in [0.29, 0.717) is 0 Å². The summed E-state index contributed by atoms with van der Waals surface area (Å²) in [6.07, 6.45) is 3.60. The van der Waals surface area contributed by atoms with Crippen molar-refractivity contribution in [2.45, 2.75) is 7.43 Å². The van der Waals surface area contributed by atoms with Crippen LogP contribution in [-0.2, 0) is 17.1 Å². The van der Waals surface area contributed by atoms with E-state index >= 15 is 0 Å². The van der Waals surface area contributed by atoms with Crippen LogP contribution in [0, 0.1) is 0 Å². The first-order valence-corrected chi connectivity index (χ1v) is 20.5. The van der Waals surface area contributed by atoms with Crippen molar-refractivity contribution >= 4 is 69.5 Å². The minimum atomic E-state index is -0.877. The Morgan fingerprint density at radius 3 is 0.704 bits per heavy atom. The average Bonchev–Trinajstić information content (AvgIpc) is 3.24. The summed E-state index contributed by atoms with van der Waals surface area (Å²) in [5.41, 5.74) is 1.95. The van der Waals surface area contributed by atoms with Crippen LogP contribution in [0.25, 0.3) is 21.8 Å². The fraction of sp³-hybridized carbons (Fsp3) is 0.0204. The van der Waals surface area contributed by atoms with Gasteiger partial charge in [0.1, 0.15) is 31.8 Å². The first-order chi connectivity index (χ1) is 25.8. The molecule has 0 aliphatic heterocycles. The summed E-state index contributed by atoms with van der Waals surface area (Å²) < 4.78 is 0. The average molecular weight is 786 g/mol. The molecular weight excluding hydrogens is 742 g/mol. The molecular formula is C49H44CuN2P2+2. The van der Waals surface area contributed by atoms with Crippen LogP contribution in [0.2, 0.25) is 0 Å². The predicted molar refractivity (Wildman–Crippen MR) is 237 cm³/mol. The van der Waals surface area contributed by atoms with Gasteiger partial charge in [-0.15, -0.1) is 0 Å². The van der Waals surface area contributed by atoms with Crippen molar-refractivity contribution in [3.63, 3.8) is 0 Å². The van der Waals surface area contributed by atoms with Gasteiger partial charge in [0.2, 0.25) is 0 Å². The quantitative estimate of drug-likeness (QED) is 0.0954. The van der Waals surface area contributed by atoms with Crippen molar-refractivity contribution in [3.05, 3.63) is 231 Å². The molecule has 0 atom stereocenters. The van der Waals surface area contributed by atoms with Crippen molar-refractivity contribution < 1.29 is 17.1 Å². The molecule has 0 saturated carbocycles. The van der Waals surface area contributed by atoms with E-state index in [2.05, 4.69) is 216 Å². The Bertz CT molecular complexity index is 2040. The molecule has 0 unspecified atom stereocenters. The Morgan fingerprint density at radius 2 is 0.481 bits per heavy atom. The molecule has 0 bridgehead atoms. The standard InChI is InChI=1S/2C18H15P.C12H8N2.CH4.Cu/c2*1-4-10-16(11-5-1)19(17-12-6-2-7-13-17)18-14-8-3-9-15-18;1-3-9-5-6-10-4-2-8-14-12(10)11(9)13-7-1;;/h2*1-15H;1-8H;1H4;/p+2. The van der Waals surface area contributed by atoms with Gasteiger partial charge in [-0.3, -0.25) is 9.97 Å². The molecule has 0 saturated heterocycles. The molecule has 0 fully saturated rings. The molecule has 54 heavy (non-hydrogen) atoms. The Kier molecular flexibility index (Phi) is 15.4. The van der Waals surface area contributed by atoms with E-state index in [1.807, 2.05) is 12.1 Å². The maximum Gasteiger partial charge on any atom is 0.102 e. The molecule has 0 spiro atoms. The second kappa shape index (κ2) is 20.8. The molecule has 5 heteroatoms. The SMILES string of the molecule is C.[Cu].c1ccc([PH+](c2ccccc2)c2ccccc2)cc1.c1ccc([PH+](c2ccccc2)c2ccccc2)cc1.c1cnc2c(c1)ccc1cccnc12. The monoisotopic (exact) mass is 785 g/mol. The summed E-state index contributed by atoms with van der Waals surface area (Å²) in [6.45, 7) is 0. The van der Waals surface area contributed by atoms with Crippen LogP contribution in [0.5, 0.6) is 0 Å². The number of nitrogens with zero attached hydrogens (tertiary/aromatic N) is 2. The number of rotatable bonds is 6. The number of aromatic nitrogens is 2. The smallest absolute Gasteiger partial charge is 0.102 e. The minimum Gasteiger partial charge on any atom is -0.254 e. The molecule has 2 heterocycles. The summed E-state index contributed by atoms with van der Waals surface area (Å²) in [5, 5.41) is 10.9. The fourth-order valence-electron chi connectivity index (χ4n) is 6.31. The zero-order valence-electron chi connectivity index (χ0n) is 29.1. The van der Waals surface area contributed by atoms with Crippen molar-refractivity contribution in [2.75, 3.05) is 0 Å². The van der Waals surface area contributed by atoms with Gasteiger partial charge in [-0.2, -0.15) is 0 Å². The summed E-state index contributed by atoms with van der Waals surface area (Å²) >= 11 is 0. The number of pyridine rings is 2. The van der Waals surface area contributed by atoms with Crippen LogP contribution < -0.4 is 31.8 Å². The van der Waals surface area contributed by atoms with Gasteiger partial charge >= 0.3 is 0 Å². The maximum absolute atomic E-state index is 4.35. The fourth-order valence-corrected chi connectivity index (χ4v) is 11.5. The van der Waals surface area contributed by atoms with E-state index in [9.17, 15) is 0 Å². The molecule has 7 aromatic carbocycles. The van der Waals surface area contributed by atoms with Crippen molar-refractivity contribution in [1.29, 1.82) is 0 Å². The van der Waals surface area contributed by atoms with Crippen LogP contribution in [0.1, 0.15) is 7.43 Å². The van der Waals surface area contributed by atoms with E-state index in [1.54, 1.807) is 12.4 Å². The third kappa shape index (κ3) is 10.2. The number of fused-ring (bicyclic) bond motifs is 3. The van der Waals surface area contributed by atoms with Gasteiger partial charge in [-0.25, -0.2) is 0 Å². The van der Waals surface area contributed by atoms with E-state index in [0.717, 1.165) is 21.8 Å². The first kappa shape index (κ1) is 39.9. The molecule has 9 rings (SSSR count). The molecule has 0 aliphatic rings. The largest absolute Gasteiger partial charge is 0.254 e. The third-order valence-electron chi connectivity index (χ3n) is 8.72. The van der Waals surface area contributed by atoms with Gasteiger partial charge in [0.15, 0.2) is 0 Å². The Balaban J connectivity index is 0.000000155. The van der Waals surface area contributed by atoms with Gasteiger partial charge in [-0.1, -0.05) is 141 Å². The predicted octanol–water partition coefficient (Wildman–Crippen LogP) is 9.77. The Morgan fingerprint density at radius 1 is 0.259 bits per heavy atom. The maximum atomic E-state index is 4.35. The topological polar surface area (TPSA) is 25.8 Å². The summed E-state index contributed by atoms with van der Waals surface area (Å²) in [5.74, 6) is 0. The number of hydrogen-bond acceptors (Lipinski definition) is 2. The van der Waals surface area contributed by atoms with E-state index in [-0.39, 0.29) is 24.5 Å². The molecule has 9 aromatic rings. The van der Waals surface area contributed by atoms with Gasteiger partial charge in [0.25, 0.3) is 0 Å². The Hall–Kier alpha value is -5.26. The molecule has 0 aliphatic carbocycles. The van der Waals surface area contributed by atoms with Gasteiger partial charge < -0.3 is 0 Å². The normalized spacial score (nSPS) is 10.3. The molecule has 269 valence electrons. The number of hydrogen-bond donors (Lipinski definition) is 0. The molecule has 0 N–H and O–H groups in total.